The highest BCUT2D eigenvalue weighted by atomic mass is 16.6. The van der Waals surface area contributed by atoms with Gasteiger partial charge < -0.3 is 15.0 Å². The molecule has 1 saturated heterocycles. The van der Waals surface area contributed by atoms with E-state index in [-0.39, 0.29) is 11.3 Å². The fraction of sp³-hybridized carbons (Fsp3) is 0.364. The van der Waals surface area contributed by atoms with Crippen molar-refractivity contribution in [2.24, 2.45) is 0 Å². The van der Waals surface area contributed by atoms with Crippen LogP contribution >= 0.6 is 0 Å². The molecule has 0 unspecified atom stereocenters. The van der Waals surface area contributed by atoms with Crippen LogP contribution in [0.15, 0.2) is 42.5 Å². The number of nitro benzene ring substituents is 1. The number of esters is 1. The molecule has 8 nitrogen and oxygen atoms in total. The number of rotatable bonds is 7. The first-order chi connectivity index (χ1) is 14.5. The van der Waals surface area contributed by atoms with E-state index in [0.29, 0.717) is 12.2 Å². The summed E-state index contributed by atoms with van der Waals surface area (Å²) in [5.74, 6) is -1.21. The average molecular weight is 411 g/mol. The third-order valence-electron chi connectivity index (χ3n) is 5.18. The summed E-state index contributed by atoms with van der Waals surface area (Å²) in [5, 5.41) is 14.2. The first-order valence-corrected chi connectivity index (χ1v) is 9.97. The molecule has 0 saturated carbocycles. The molecule has 2 aromatic rings. The zero-order valence-electron chi connectivity index (χ0n) is 16.9. The minimum atomic E-state index is -0.769. The average Bonchev–Trinajstić information content (AvgIpc) is 2.77. The van der Waals surface area contributed by atoms with E-state index < -0.39 is 23.4 Å². The summed E-state index contributed by atoms with van der Waals surface area (Å²) in [6.07, 6.45) is 3.08. The van der Waals surface area contributed by atoms with Crippen LogP contribution < -0.4 is 10.2 Å². The Labute approximate surface area is 175 Å². The van der Waals surface area contributed by atoms with Gasteiger partial charge in [-0.15, -0.1) is 0 Å². The molecule has 2 aromatic carbocycles. The fourth-order valence-electron chi connectivity index (χ4n) is 3.47. The Balaban J connectivity index is 1.59. The maximum Gasteiger partial charge on any atom is 0.338 e. The molecule has 0 bridgehead atoms. The second-order valence-electron chi connectivity index (χ2n) is 7.29. The Morgan fingerprint density at radius 3 is 2.57 bits per heavy atom. The van der Waals surface area contributed by atoms with E-state index in [1.54, 1.807) is 6.07 Å². The van der Waals surface area contributed by atoms with Crippen LogP contribution in [-0.2, 0) is 16.1 Å². The van der Waals surface area contributed by atoms with E-state index in [1.165, 1.54) is 12.1 Å². The second-order valence-corrected chi connectivity index (χ2v) is 7.29. The molecule has 3 rings (SSSR count). The summed E-state index contributed by atoms with van der Waals surface area (Å²) >= 11 is 0. The Morgan fingerprint density at radius 1 is 1.13 bits per heavy atom. The van der Waals surface area contributed by atoms with Crippen molar-refractivity contribution in [2.45, 2.75) is 32.7 Å². The molecule has 1 aliphatic heterocycles. The number of hydrogen-bond acceptors (Lipinski definition) is 6. The highest BCUT2D eigenvalue weighted by molar-refractivity contribution is 5.93. The Kier molecular flexibility index (Phi) is 7.00. The van der Waals surface area contributed by atoms with Crippen LogP contribution in [0.25, 0.3) is 0 Å². The molecule has 0 spiro atoms. The summed E-state index contributed by atoms with van der Waals surface area (Å²) < 4.78 is 5.04. The van der Waals surface area contributed by atoms with Gasteiger partial charge >= 0.3 is 5.97 Å². The number of nitrogens with zero attached hydrogens (tertiary/aromatic N) is 2. The molecular formula is C22H25N3O5. The topological polar surface area (TPSA) is 102 Å². The van der Waals surface area contributed by atoms with Gasteiger partial charge in [0.15, 0.2) is 6.61 Å². The second kappa shape index (κ2) is 9.87. The molecule has 0 radical (unpaired) electrons. The summed E-state index contributed by atoms with van der Waals surface area (Å²) in [5.41, 5.74) is 2.45. The van der Waals surface area contributed by atoms with Crippen LogP contribution in [-0.4, -0.2) is 36.5 Å². The molecule has 1 fully saturated rings. The van der Waals surface area contributed by atoms with Gasteiger partial charge in [0.25, 0.3) is 11.6 Å². The standard InChI is InChI=1S/C22H25N3O5/c1-16-7-3-4-8-18(16)14-23-21(26)15-30-22(27)17-9-10-19(20(13-17)25(28)29)24-11-5-2-6-12-24/h3-4,7-10,13H,2,5-6,11-12,14-15H2,1H3,(H,23,26). The highest BCUT2D eigenvalue weighted by Crippen LogP contribution is 2.31. The van der Waals surface area contributed by atoms with Crippen LogP contribution in [0, 0.1) is 17.0 Å². The van der Waals surface area contributed by atoms with Crippen LogP contribution in [0.2, 0.25) is 0 Å². The largest absolute Gasteiger partial charge is 0.452 e. The lowest BCUT2D eigenvalue weighted by Crippen LogP contribution is -2.30. The number of aryl methyl sites for hydroxylation is 1. The Hall–Kier alpha value is -3.42. The first-order valence-electron chi connectivity index (χ1n) is 9.97. The number of anilines is 1. The summed E-state index contributed by atoms with van der Waals surface area (Å²) in [7, 11) is 0. The van der Waals surface area contributed by atoms with Crippen molar-refractivity contribution in [3.05, 3.63) is 69.3 Å². The lowest BCUT2D eigenvalue weighted by molar-refractivity contribution is -0.384. The third kappa shape index (κ3) is 5.34. The quantitative estimate of drug-likeness (QED) is 0.426. The number of nitrogens with one attached hydrogen (secondary N) is 1. The molecule has 8 heteroatoms. The van der Waals surface area contributed by atoms with E-state index in [0.717, 1.165) is 43.5 Å². The molecule has 158 valence electrons. The number of piperidine rings is 1. The van der Waals surface area contributed by atoms with Crippen LogP contribution in [0.1, 0.15) is 40.7 Å². The molecule has 30 heavy (non-hydrogen) atoms. The summed E-state index contributed by atoms with van der Waals surface area (Å²) in [6, 6.07) is 12.0. The van der Waals surface area contributed by atoms with Crippen molar-refractivity contribution in [1.82, 2.24) is 5.32 Å². The molecular weight excluding hydrogens is 386 g/mol. The van der Waals surface area contributed by atoms with E-state index in [9.17, 15) is 19.7 Å². The summed E-state index contributed by atoms with van der Waals surface area (Å²) in [4.78, 5) is 37.3. The van der Waals surface area contributed by atoms with Gasteiger partial charge in [-0.25, -0.2) is 4.79 Å². The smallest absolute Gasteiger partial charge is 0.338 e. The molecule has 1 aliphatic rings. The van der Waals surface area contributed by atoms with E-state index in [1.807, 2.05) is 36.1 Å². The molecule has 0 aromatic heterocycles. The van der Waals surface area contributed by atoms with Gasteiger partial charge in [-0.3, -0.25) is 14.9 Å². The monoisotopic (exact) mass is 411 g/mol. The van der Waals surface area contributed by atoms with Crippen molar-refractivity contribution < 1.29 is 19.2 Å². The molecule has 0 atom stereocenters. The number of benzene rings is 2. The van der Waals surface area contributed by atoms with Gasteiger partial charge in [-0.1, -0.05) is 24.3 Å². The molecule has 1 amide bonds. The van der Waals surface area contributed by atoms with Crippen molar-refractivity contribution in [3.63, 3.8) is 0 Å². The molecule has 1 N–H and O–H groups in total. The van der Waals surface area contributed by atoms with Crippen molar-refractivity contribution in [3.8, 4) is 0 Å². The lowest BCUT2D eigenvalue weighted by atomic mass is 10.1. The maximum atomic E-state index is 12.3. The van der Waals surface area contributed by atoms with Crippen LogP contribution in [0.3, 0.4) is 0 Å². The predicted molar refractivity (Wildman–Crippen MR) is 112 cm³/mol. The maximum absolute atomic E-state index is 12.3. The van der Waals surface area contributed by atoms with Crippen molar-refractivity contribution in [1.29, 1.82) is 0 Å². The number of ether oxygens (including phenoxy) is 1. The van der Waals surface area contributed by atoms with E-state index in [4.69, 9.17) is 4.74 Å². The Morgan fingerprint density at radius 2 is 1.87 bits per heavy atom. The van der Waals surface area contributed by atoms with Crippen molar-refractivity contribution in [2.75, 3.05) is 24.6 Å². The van der Waals surface area contributed by atoms with Gasteiger partial charge in [0, 0.05) is 25.7 Å². The summed E-state index contributed by atoms with van der Waals surface area (Å²) in [6.45, 7) is 3.34. The fourth-order valence-corrected chi connectivity index (χ4v) is 3.47. The van der Waals surface area contributed by atoms with Crippen LogP contribution in [0.5, 0.6) is 0 Å². The predicted octanol–water partition coefficient (Wildman–Crippen LogP) is 3.37. The zero-order chi connectivity index (χ0) is 21.5. The molecule has 1 heterocycles. The van der Waals surface area contributed by atoms with E-state index in [2.05, 4.69) is 5.32 Å². The zero-order valence-corrected chi connectivity index (χ0v) is 16.9. The minimum absolute atomic E-state index is 0.0502. The lowest BCUT2D eigenvalue weighted by Gasteiger charge is -2.28. The van der Waals surface area contributed by atoms with Crippen LogP contribution in [0.4, 0.5) is 11.4 Å². The van der Waals surface area contributed by atoms with Crippen molar-refractivity contribution >= 4 is 23.3 Å². The van der Waals surface area contributed by atoms with Gasteiger partial charge in [-0.05, 0) is 49.4 Å². The third-order valence-corrected chi connectivity index (χ3v) is 5.18. The number of amides is 1. The van der Waals surface area contributed by atoms with Gasteiger partial charge in [-0.2, -0.15) is 0 Å². The minimum Gasteiger partial charge on any atom is -0.452 e. The number of carbonyl (C=O) groups excluding carboxylic acids is 2. The first kappa shape index (κ1) is 21.3. The molecule has 0 aliphatic carbocycles. The van der Waals surface area contributed by atoms with Gasteiger partial charge in [0.2, 0.25) is 0 Å². The number of hydrogen-bond donors (Lipinski definition) is 1. The number of nitro groups is 1. The highest BCUT2D eigenvalue weighted by Gasteiger charge is 2.23. The van der Waals surface area contributed by atoms with Gasteiger partial charge in [0.1, 0.15) is 5.69 Å². The SMILES string of the molecule is Cc1ccccc1CNC(=O)COC(=O)c1ccc(N2CCCCC2)c([N+](=O)[O-])c1. The normalized spacial score (nSPS) is 13.6. The Bertz CT molecular complexity index is 938. The van der Waals surface area contributed by atoms with Gasteiger partial charge in [0.05, 0.1) is 10.5 Å². The number of carbonyl (C=O) groups is 2. The van der Waals surface area contributed by atoms with E-state index >= 15 is 0 Å².